The van der Waals surface area contributed by atoms with E-state index in [1.165, 1.54) is 0 Å². The van der Waals surface area contributed by atoms with Crippen molar-refractivity contribution in [3.05, 3.63) is 35.9 Å². The molecule has 0 saturated carbocycles. The number of hydrogen-bond acceptors (Lipinski definition) is 4. The van der Waals surface area contributed by atoms with E-state index in [1.54, 1.807) is 23.1 Å². The van der Waals surface area contributed by atoms with E-state index >= 15 is 0 Å². The number of rotatable bonds is 2. The molecule has 0 saturated heterocycles. The second-order valence-electron chi connectivity index (χ2n) is 2.94. The van der Waals surface area contributed by atoms with Gasteiger partial charge in [-0.15, -0.1) is 0 Å². The molecule has 0 aliphatic heterocycles. The van der Waals surface area contributed by atoms with Crippen LogP contribution in [0.4, 0.5) is 0 Å². The van der Waals surface area contributed by atoms with Crippen molar-refractivity contribution in [3.8, 4) is 5.95 Å². The zero-order valence-corrected chi connectivity index (χ0v) is 7.88. The summed E-state index contributed by atoms with van der Waals surface area (Å²) in [6, 6.07) is 3.70. The van der Waals surface area contributed by atoms with E-state index in [9.17, 15) is 0 Å². The summed E-state index contributed by atoms with van der Waals surface area (Å²) in [6.45, 7) is 2.38. The van der Waals surface area contributed by atoms with Gasteiger partial charge >= 0.3 is 0 Å². The summed E-state index contributed by atoms with van der Waals surface area (Å²) >= 11 is 0. The molecule has 0 fully saturated rings. The third-order valence-corrected chi connectivity index (χ3v) is 1.89. The summed E-state index contributed by atoms with van der Waals surface area (Å²) in [7, 11) is 0. The quantitative estimate of drug-likeness (QED) is 0.743. The number of nitrogens with zero attached hydrogens (tertiary/aromatic N) is 4. The molecule has 2 aromatic heterocycles. The first-order chi connectivity index (χ1) is 6.81. The molecule has 0 aromatic carbocycles. The lowest BCUT2D eigenvalue weighted by molar-refractivity contribution is 0.761. The molecule has 0 aliphatic rings. The molecule has 14 heavy (non-hydrogen) atoms. The highest BCUT2D eigenvalue weighted by Gasteiger charge is 2.05. The highest BCUT2D eigenvalue weighted by Crippen LogP contribution is 2.06. The topological polar surface area (TPSA) is 69.6 Å². The largest absolute Gasteiger partial charge is 0.325 e. The molecule has 72 valence electrons. The summed E-state index contributed by atoms with van der Waals surface area (Å²) in [6.07, 6.45) is 3.37. The number of nitrogens with two attached hydrogens (primary N) is 1. The fourth-order valence-corrected chi connectivity index (χ4v) is 1.24. The summed E-state index contributed by atoms with van der Waals surface area (Å²) in [5.74, 6) is 0.574. The maximum absolute atomic E-state index is 5.49. The second kappa shape index (κ2) is 3.55. The lowest BCUT2D eigenvalue weighted by atomic mass is 10.4. The van der Waals surface area contributed by atoms with Gasteiger partial charge in [0.1, 0.15) is 0 Å². The maximum Gasteiger partial charge on any atom is 0.250 e. The van der Waals surface area contributed by atoms with Crippen LogP contribution in [0.2, 0.25) is 0 Å². The molecular weight excluding hydrogens is 178 g/mol. The standard InChI is InChI=1S/C9H11N5/c1-7-5-8(6-10)13-14(7)9-11-3-2-4-12-9/h2-5H,6,10H2,1H3. The van der Waals surface area contributed by atoms with Crippen LogP contribution in [0.1, 0.15) is 11.4 Å². The molecule has 5 nitrogen and oxygen atoms in total. The van der Waals surface area contributed by atoms with Crippen LogP contribution in [-0.2, 0) is 6.54 Å². The first-order valence-corrected chi connectivity index (χ1v) is 4.34. The third-order valence-electron chi connectivity index (χ3n) is 1.89. The van der Waals surface area contributed by atoms with Gasteiger partial charge in [0.2, 0.25) is 0 Å². The Morgan fingerprint density at radius 3 is 2.64 bits per heavy atom. The van der Waals surface area contributed by atoms with Crippen molar-refractivity contribution in [2.45, 2.75) is 13.5 Å². The highest BCUT2D eigenvalue weighted by molar-refractivity contribution is 5.18. The van der Waals surface area contributed by atoms with Crippen molar-refractivity contribution in [2.75, 3.05) is 0 Å². The highest BCUT2D eigenvalue weighted by atomic mass is 15.4. The van der Waals surface area contributed by atoms with Crippen LogP contribution in [0.5, 0.6) is 0 Å². The predicted molar refractivity (Wildman–Crippen MR) is 51.8 cm³/mol. The van der Waals surface area contributed by atoms with Crippen molar-refractivity contribution in [1.29, 1.82) is 0 Å². The Hall–Kier alpha value is -1.75. The van der Waals surface area contributed by atoms with Gasteiger partial charge in [-0.1, -0.05) is 0 Å². The molecule has 0 aliphatic carbocycles. The second-order valence-corrected chi connectivity index (χ2v) is 2.94. The summed E-state index contributed by atoms with van der Waals surface area (Å²) < 4.78 is 1.68. The van der Waals surface area contributed by atoms with E-state index in [-0.39, 0.29) is 0 Å². The number of aromatic nitrogens is 4. The minimum atomic E-state index is 0.431. The van der Waals surface area contributed by atoms with E-state index in [1.807, 2.05) is 13.0 Å². The van der Waals surface area contributed by atoms with Gasteiger partial charge in [-0.05, 0) is 19.1 Å². The van der Waals surface area contributed by atoms with Crippen molar-refractivity contribution in [2.24, 2.45) is 5.73 Å². The van der Waals surface area contributed by atoms with E-state index in [0.29, 0.717) is 12.5 Å². The molecule has 0 radical (unpaired) electrons. The molecule has 5 heteroatoms. The van der Waals surface area contributed by atoms with Gasteiger partial charge in [-0.3, -0.25) is 0 Å². The van der Waals surface area contributed by atoms with Crippen LogP contribution in [0.25, 0.3) is 5.95 Å². The Balaban J connectivity index is 2.46. The summed E-state index contributed by atoms with van der Waals surface area (Å²) in [5.41, 5.74) is 7.32. The maximum atomic E-state index is 5.49. The Labute approximate surface area is 81.6 Å². The van der Waals surface area contributed by atoms with Gasteiger partial charge in [0.05, 0.1) is 5.69 Å². The van der Waals surface area contributed by atoms with Crippen molar-refractivity contribution < 1.29 is 0 Å². The minimum Gasteiger partial charge on any atom is -0.325 e. The van der Waals surface area contributed by atoms with Crippen molar-refractivity contribution in [1.82, 2.24) is 19.7 Å². The first kappa shape index (κ1) is 8.83. The van der Waals surface area contributed by atoms with E-state index in [4.69, 9.17) is 5.73 Å². The smallest absolute Gasteiger partial charge is 0.250 e. The average molecular weight is 189 g/mol. The lowest BCUT2D eigenvalue weighted by Gasteiger charge is -1.99. The SMILES string of the molecule is Cc1cc(CN)nn1-c1ncccn1. The fraction of sp³-hybridized carbons (Fsp3) is 0.222. The van der Waals surface area contributed by atoms with Crippen LogP contribution >= 0.6 is 0 Å². The normalized spacial score (nSPS) is 10.4. The first-order valence-electron chi connectivity index (χ1n) is 4.34. The van der Waals surface area contributed by atoms with Crippen LogP contribution in [0.3, 0.4) is 0 Å². The molecule has 0 amide bonds. The Bertz CT molecular complexity index is 420. The van der Waals surface area contributed by atoms with Gasteiger partial charge in [0.15, 0.2) is 0 Å². The monoisotopic (exact) mass is 189 g/mol. The average Bonchev–Trinajstić information content (AvgIpc) is 2.61. The van der Waals surface area contributed by atoms with Crippen LogP contribution in [-0.4, -0.2) is 19.7 Å². The molecule has 2 heterocycles. The van der Waals surface area contributed by atoms with Gasteiger partial charge in [-0.2, -0.15) is 5.10 Å². The van der Waals surface area contributed by atoms with Crippen LogP contribution < -0.4 is 5.73 Å². The number of hydrogen-bond donors (Lipinski definition) is 1. The summed E-state index contributed by atoms with van der Waals surface area (Å²) in [5, 5.41) is 4.27. The van der Waals surface area contributed by atoms with Crippen molar-refractivity contribution >= 4 is 0 Å². The van der Waals surface area contributed by atoms with E-state index in [0.717, 1.165) is 11.4 Å². The van der Waals surface area contributed by atoms with Crippen LogP contribution in [0, 0.1) is 6.92 Å². The van der Waals surface area contributed by atoms with Gasteiger partial charge in [0, 0.05) is 24.6 Å². The Morgan fingerprint density at radius 2 is 2.07 bits per heavy atom. The zero-order valence-electron chi connectivity index (χ0n) is 7.88. The Kier molecular flexibility index (Phi) is 2.24. The molecule has 2 aromatic rings. The molecule has 0 spiro atoms. The van der Waals surface area contributed by atoms with E-state index in [2.05, 4.69) is 15.1 Å². The number of aryl methyl sites for hydroxylation is 1. The van der Waals surface area contributed by atoms with Crippen LogP contribution in [0.15, 0.2) is 24.5 Å². The zero-order chi connectivity index (χ0) is 9.97. The molecule has 2 N–H and O–H groups in total. The summed E-state index contributed by atoms with van der Waals surface area (Å²) in [4.78, 5) is 8.21. The van der Waals surface area contributed by atoms with Crippen molar-refractivity contribution in [3.63, 3.8) is 0 Å². The van der Waals surface area contributed by atoms with Gasteiger partial charge < -0.3 is 5.73 Å². The molecule has 2 rings (SSSR count). The van der Waals surface area contributed by atoms with Gasteiger partial charge in [-0.25, -0.2) is 14.6 Å². The van der Waals surface area contributed by atoms with E-state index < -0.39 is 0 Å². The predicted octanol–water partition coefficient (Wildman–Crippen LogP) is 0.429. The van der Waals surface area contributed by atoms with Gasteiger partial charge in [0.25, 0.3) is 5.95 Å². The third kappa shape index (κ3) is 1.49. The Morgan fingerprint density at radius 1 is 1.36 bits per heavy atom. The molecule has 0 bridgehead atoms. The minimum absolute atomic E-state index is 0.431. The lowest BCUT2D eigenvalue weighted by Crippen LogP contribution is -2.05. The molecular formula is C9H11N5. The molecule has 0 atom stereocenters. The fourth-order valence-electron chi connectivity index (χ4n) is 1.24. The molecule has 0 unspecified atom stereocenters.